The summed E-state index contributed by atoms with van der Waals surface area (Å²) in [5.74, 6) is 1.88. The molecule has 0 bridgehead atoms. The Morgan fingerprint density at radius 3 is 2.85 bits per heavy atom. The minimum absolute atomic E-state index is 0.0748. The molecular formula is C14H20N4OS. The number of aromatic nitrogens is 4. The molecule has 0 fully saturated rings. The van der Waals surface area contributed by atoms with Gasteiger partial charge >= 0.3 is 0 Å². The molecule has 3 heterocycles. The van der Waals surface area contributed by atoms with Gasteiger partial charge in [-0.15, -0.1) is 0 Å². The van der Waals surface area contributed by atoms with E-state index < -0.39 is 0 Å². The van der Waals surface area contributed by atoms with Crippen LogP contribution in [0.5, 0.6) is 0 Å². The van der Waals surface area contributed by atoms with Gasteiger partial charge in [-0.05, 0) is 6.42 Å². The molecule has 1 aliphatic rings. The zero-order chi connectivity index (χ0) is 14.3. The Morgan fingerprint density at radius 2 is 2.15 bits per heavy atom. The number of fused-ring (bicyclic) bond motifs is 2. The lowest BCUT2D eigenvalue weighted by Gasteiger charge is -2.12. The van der Waals surface area contributed by atoms with Crippen molar-refractivity contribution in [3.8, 4) is 0 Å². The van der Waals surface area contributed by atoms with E-state index in [0.29, 0.717) is 17.2 Å². The number of thioether (sulfide) groups is 1. The first-order valence-corrected chi connectivity index (χ1v) is 8.26. The number of rotatable bonds is 4. The van der Waals surface area contributed by atoms with E-state index in [4.69, 9.17) is 0 Å². The Bertz CT molecular complexity index is 703. The van der Waals surface area contributed by atoms with Crippen LogP contribution in [-0.4, -0.2) is 24.9 Å². The molecule has 0 N–H and O–H groups in total. The first kappa shape index (κ1) is 13.7. The summed E-state index contributed by atoms with van der Waals surface area (Å²) in [5, 5.41) is 0.837. The normalized spacial score (nSPS) is 17.9. The minimum Gasteiger partial charge on any atom is -0.325 e. The standard InChI is InChI=1S/C14H20N4OS/c1-4-6-7-9-8-20-14-16-12-11(13(19)18(9)14)17(3)10(5-2)15-12/h9H,4-8H2,1-3H3. The van der Waals surface area contributed by atoms with Crippen LogP contribution in [0.2, 0.25) is 0 Å². The predicted octanol–water partition coefficient (Wildman–Crippen LogP) is 2.53. The molecule has 2 aromatic heterocycles. The van der Waals surface area contributed by atoms with Crippen molar-refractivity contribution in [1.82, 2.24) is 19.1 Å². The first-order chi connectivity index (χ1) is 9.67. The van der Waals surface area contributed by atoms with Gasteiger partial charge in [0.25, 0.3) is 5.56 Å². The Kier molecular flexibility index (Phi) is 3.58. The average Bonchev–Trinajstić information content (AvgIpc) is 2.98. The molecule has 0 amide bonds. The highest BCUT2D eigenvalue weighted by atomic mass is 32.2. The van der Waals surface area contributed by atoms with Crippen molar-refractivity contribution in [2.75, 3.05) is 5.75 Å². The molecule has 5 nitrogen and oxygen atoms in total. The number of nitrogens with zero attached hydrogens (tertiary/aromatic N) is 4. The second-order valence-corrected chi connectivity index (χ2v) is 6.28. The second kappa shape index (κ2) is 5.24. The maximum absolute atomic E-state index is 12.8. The van der Waals surface area contributed by atoms with E-state index in [9.17, 15) is 4.79 Å². The molecule has 0 spiro atoms. The van der Waals surface area contributed by atoms with Crippen molar-refractivity contribution in [1.29, 1.82) is 0 Å². The summed E-state index contributed by atoms with van der Waals surface area (Å²) in [6, 6.07) is 0.291. The molecule has 20 heavy (non-hydrogen) atoms. The van der Waals surface area contributed by atoms with E-state index in [1.165, 1.54) is 0 Å². The summed E-state index contributed by atoms with van der Waals surface area (Å²) < 4.78 is 3.79. The monoisotopic (exact) mass is 292 g/mol. The van der Waals surface area contributed by atoms with Crippen molar-refractivity contribution in [2.24, 2.45) is 7.05 Å². The molecular weight excluding hydrogens is 272 g/mol. The lowest BCUT2D eigenvalue weighted by Crippen LogP contribution is -2.26. The first-order valence-electron chi connectivity index (χ1n) is 7.28. The summed E-state index contributed by atoms with van der Waals surface area (Å²) in [6.45, 7) is 4.23. The van der Waals surface area contributed by atoms with Gasteiger partial charge < -0.3 is 4.57 Å². The topological polar surface area (TPSA) is 52.7 Å². The number of hydrogen-bond donors (Lipinski definition) is 0. The zero-order valence-corrected chi connectivity index (χ0v) is 13.0. The number of imidazole rings is 1. The van der Waals surface area contributed by atoms with Gasteiger partial charge in [0.2, 0.25) is 0 Å². The third-order valence-corrected chi connectivity index (χ3v) is 5.07. The average molecular weight is 292 g/mol. The van der Waals surface area contributed by atoms with Crippen molar-refractivity contribution >= 4 is 22.9 Å². The van der Waals surface area contributed by atoms with E-state index in [-0.39, 0.29) is 5.56 Å². The third-order valence-electron chi connectivity index (χ3n) is 3.98. The smallest absolute Gasteiger partial charge is 0.280 e. The van der Waals surface area contributed by atoms with Crippen LogP contribution in [0.4, 0.5) is 0 Å². The Balaban J connectivity index is 2.16. The van der Waals surface area contributed by atoms with Gasteiger partial charge in [0.1, 0.15) is 5.82 Å². The highest BCUT2D eigenvalue weighted by Crippen LogP contribution is 2.33. The molecule has 1 aliphatic heterocycles. The van der Waals surface area contributed by atoms with Crippen LogP contribution >= 0.6 is 11.8 Å². The van der Waals surface area contributed by atoms with E-state index in [1.807, 2.05) is 23.1 Å². The summed E-state index contributed by atoms with van der Waals surface area (Å²) in [6.07, 6.45) is 4.18. The minimum atomic E-state index is 0.0748. The molecule has 0 saturated heterocycles. The highest BCUT2D eigenvalue weighted by molar-refractivity contribution is 7.99. The summed E-state index contributed by atoms with van der Waals surface area (Å²) in [5.41, 5.74) is 1.32. The molecule has 1 unspecified atom stereocenters. The van der Waals surface area contributed by atoms with Crippen LogP contribution in [-0.2, 0) is 13.5 Å². The summed E-state index contributed by atoms with van der Waals surface area (Å²) in [4.78, 5) is 21.9. The summed E-state index contributed by atoms with van der Waals surface area (Å²) >= 11 is 1.68. The lowest BCUT2D eigenvalue weighted by atomic mass is 10.1. The fourth-order valence-electron chi connectivity index (χ4n) is 2.83. The van der Waals surface area contributed by atoms with Crippen LogP contribution < -0.4 is 5.56 Å². The Morgan fingerprint density at radius 1 is 1.35 bits per heavy atom. The molecule has 1 atom stereocenters. The molecule has 6 heteroatoms. The molecule has 3 rings (SSSR count). The van der Waals surface area contributed by atoms with Crippen molar-refractivity contribution in [3.05, 3.63) is 16.2 Å². The molecule has 108 valence electrons. The largest absolute Gasteiger partial charge is 0.325 e. The predicted molar refractivity (Wildman–Crippen MR) is 81.4 cm³/mol. The van der Waals surface area contributed by atoms with Crippen molar-refractivity contribution < 1.29 is 0 Å². The van der Waals surface area contributed by atoms with Crippen LogP contribution in [0.3, 0.4) is 0 Å². The van der Waals surface area contributed by atoms with Crippen LogP contribution in [0.15, 0.2) is 9.95 Å². The second-order valence-electron chi connectivity index (χ2n) is 5.29. The van der Waals surface area contributed by atoms with E-state index >= 15 is 0 Å². The molecule has 0 aromatic carbocycles. The van der Waals surface area contributed by atoms with Crippen LogP contribution in [0.1, 0.15) is 45.0 Å². The van der Waals surface area contributed by atoms with Crippen LogP contribution in [0.25, 0.3) is 11.2 Å². The van der Waals surface area contributed by atoms with Gasteiger partial charge in [0.05, 0.1) is 0 Å². The molecule has 0 aliphatic carbocycles. The third kappa shape index (κ3) is 1.97. The highest BCUT2D eigenvalue weighted by Gasteiger charge is 2.27. The maximum atomic E-state index is 12.8. The van der Waals surface area contributed by atoms with Crippen molar-refractivity contribution in [2.45, 2.75) is 50.7 Å². The van der Waals surface area contributed by atoms with E-state index in [2.05, 4.69) is 16.9 Å². The molecule has 0 saturated carbocycles. The van der Waals surface area contributed by atoms with Gasteiger partial charge in [0, 0.05) is 25.3 Å². The quantitative estimate of drug-likeness (QED) is 0.813. The van der Waals surface area contributed by atoms with Gasteiger partial charge in [0.15, 0.2) is 16.3 Å². The molecule has 0 radical (unpaired) electrons. The fourth-order valence-corrected chi connectivity index (χ4v) is 4.01. The van der Waals surface area contributed by atoms with Gasteiger partial charge in [-0.25, -0.2) is 9.97 Å². The number of aryl methyl sites for hydroxylation is 2. The fraction of sp³-hybridized carbons (Fsp3) is 0.643. The summed E-state index contributed by atoms with van der Waals surface area (Å²) in [7, 11) is 1.91. The van der Waals surface area contributed by atoms with Gasteiger partial charge in [-0.1, -0.05) is 38.5 Å². The maximum Gasteiger partial charge on any atom is 0.280 e. The lowest BCUT2D eigenvalue weighted by molar-refractivity contribution is 0.460. The van der Waals surface area contributed by atoms with E-state index in [1.54, 1.807) is 11.8 Å². The van der Waals surface area contributed by atoms with Gasteiger partial charge in [-0.2, -0.15) is 0 Å². The number of hydrogen-bond acceptors (Lipinski definition) is 4. The SMILES string of the molecule is CCCCC1CSc2nc3nc(CC)n(C)c3c(=O)n21. The van der Waals surface area contributed by atoms with Crippen LogP contribution in [0, 0.1) is 0 Å². The zero-order valence-electron chi connectivity index (χ0n) is 12.2. The Labute approximate surface area is 122 Å². The Hall–Kier alpha value is -1.30. The van der Waals surface area contributed by atoms with E-state index in [0.717, 1.165) is 42.4 Å². The van der Waals surface area contributed by atoms with Crippen molar-refractivity contribution in [3.63, 3.8) is 0 Å². The van der Waals surface area contributed by atoms with Gasteiger partial charge in [-0.3, -0.25) is 9.36 Å². The number of unbranched alkanes of at least 4 members (excludes halogenated alkanes) is 1. The molecule has 2 aromatic rings.